The first-order valence-electron chi connectivity index (χ1n) is 9.62. The summed E-state index contributed by atoms with van der Waals surface area (Å²) >= 11 is 5.79. The van der Waals surface area contributed by atoms with E-state index in [9.17, 15) is 23.5 Å². The molecule has 1 aliphatic carbocycles. The molecule has 2 aromatic carbocycles. The van der Waals surface area contributed by atoms with Crippen LogP contribution in [-0.4, -0.2) is 26.8 Å². The summed E-state index contributed by atoms with van der Waals surface area (Å²) in [7, 11) is 0. The van der Waals surface area contributed by atoms with Crippen LogP contribution in [0.25, 0.3) is 11.1 Å². The fourth-order valence-corrected chi connectivity index (χ4v) is 3.84. The fourth-order valence-electron chi connectivity index (χ4n) is 3.68. The average molecular weight is 446 g/mol. The monoisotopic (exact) mass is 445 g/mol. The molecule has 31 heavy (non-hydrogen) atoms. The number of carbonyl (C=O) groups excluding carboxylic acids is 1. The highest BCUT2D eigenvalue weighted by Crippen LogP contribution is 2.50. The van der Waals surface area contributed by atoms with Crippen molar-refractivity contribution in [2.75, 3.05) is 5.32 Å². The number of carbonyl (C=O) groups is 2. The summed E-state index contributed by atoms with van der Waals surface area (Å²) in [4.78, 5) is 24.7. The standard InChI is InChI=1S/C22H18ClF2N3O3/c1-2-28-11-12(10-26-28)19-15(20(29)30)8-14(9-18(19)25)27-21(31)22(5-6-22)16-4-3-13(23)7-17(16)24/h3-4,7-11H,2,5-6H2,1H3,(H,27,31)(H,29,30). The van der Waals surface area contributed by atoms with Gasteiger partial charge in [0.15, 0.2) is 0 Å². The van der Waals surface area contributed by atoms with Gasteiger partial charge in [-0.25, -0.2) is 13.6 Å². The van der Waals surface area contributed by atoms with E-state index in [1.165, 1.54) is 24.4 Å². The molecule has 1 aliphatic rings. The number of hydrogen-bond acceptors (Lipinski definition) is 3. The van der Waals surface area contributed by atoms with Gasteiger partial charge in [-0.3, -0.25) is 9.48 Å². The van der Waals surface area contributed by atoms with Crippen molar-refractivity contribution < 1.29 is 23.5 Å². The predicted molar refractivity (Wildman–Crippen MR) is 111 cm³/mol. The van der Waals surface area contributed by atoms with Gasteiger partial charge in [-0.1, -0.05) is 17.7 Å². The normalized spacial score (nSPS) is 14.3. The molecule has 1 fully saturated rings. The van der Waals surface area contributed by atoms with Crippen LogP contribution in [0.1, 0.15) is 35.7 Å². The first-order chi connectivity index (χ1) is 14.7. The third kappa shape index (κ3) is 3.79. The minimum Gasteiger partial charge on any atom is -0.478 e. The molecule has 3 aromatic rings. The Morgan fingerprint density at radius 1 is 1.23 bits per heavy atom. The molecule has 160 valence electrons. The lowest BCUT2D eigenvalue weighted by molar-refractivity contribution is -0.118. The molecule has 0 bridgehead atoms. The van der Waals surface area contributed by atoms with Crippen LogP contribution in [0, 0.1) is 11.6 Å². The van der Waals surface area contributed by atoms with E-state index < -0.39 is 28.9 Å². The van der Waals surface area contributed by atoms with E-state index in [0.717, 1.165) is 12.1 Å². The second-order valence-corrected chi connectivity index (χ2v) is 7.87. The zero-order valence-corrected chi connectivity index (χ0v) is 17.2. The summed E-state index contributed by atoms with van der Waals surface area (Å²) in [5.41, 5.74) is -1.01. The molecule has 0 spiro atoms. The molecule has 1 saturated carbocycles. The molecule has 0 radical (unpaired) electrons. The van der Waals surface area contributed by atoms with E-state index in [4.69, 9.17) is 11.6 Å². The van der Waals surface area contributed by atoms with E-state index in [2.05, 4.69) is 10.4 Å². The zero-order valence-electron chi connectivity index (χ0n) is 16.5. The number of aryl methyl sites for hydroxylation is 1. The van der Waals surface area contributed by atoms with E-state index in [0.29, 0.717) is 24.9 Å². The van der Waals surface area contributed by atoms with Gasteiger partial charge in [0, 0.05) is 40.1 Å². The number of hydrogen-bond donors (Lipinski definition) is 2. The molecule has 1 aromatic heterocycles. The number of halogens is 3. The molecule has 0 aliphatic heterocycles. The first kappa shape index (κ1) is 21.0. The number of rotatable bonds is 6. The summed E-state index contributed by atoms with van der Waals surface area (Å²) in [5, 5.41) is 16.4. The Morgan fingerprint density at radius 3 is 2.55 bits per heavy atom. The average Bonchev–Trinajstić information content (AvgIpc) is 3.38. The Balaban J connectivity index is 1.68. The van der Waals surface area contributed by atoms with Gasteiger partial charge in [0.05, 0.1) is 17.2 Å². The van der Waals surface area contributed by atoms with Crippen LogP contribution >= 0.6 is 11.6 Å². The molecule has 9 heteroatoms. The van der Waals surface area contributed by atoms with Crippen molar-refractivity contribution in [1.82, 2.24) is 9.78 Å². The number of amides is 1. The summed E-state index contributed by atoms with van der Waals surface area (Å²) in [6.07, 6.45) is 3.76. The molecule has 6 nitrogen and oxygen atoms in total. The molecule has 0 unspecified atom stereocenters. The molecule has 0 atom stereocenters. The Kier molecular flexibility index (Phi) is 5.26. The van der Waals surface area contributed by atoms with Gasteiger partial charge in [-0.2, -0.15) is 5.10 Å². The van der Waals surface area contributed by atoms with Crippen molar-refractivity contribution in [2.45, 2.75) is 31.7 Å². The largest absolute Gasteiger partial charge is 0.478 e. The quantitative estimate of drug-likeness (QED) is 0.567. The molecule has 1 amide bonds. The maximum Gasteiger partial charge on any atom is 0.336 e. The van der Waals surface area contributed by atoms with Crippen molar-refractivity contribution in [2.24, 2.45) is 0 Å². The SMILES string of the molecule is CCn1cc(-c2c(F)cc(NC(=O)C3(c4ccc(Cl)cc4F)CC3)cc2C(=O)O)cn1. The van der Waals surface area contributed by atoms with E-state index in [1.807, 2.05) is 6.92 Å². The lowest BCUT2D eigenvalue weighted by atomic mass is 9.94. The Bertz CT molecular complexity index is 1200. The van der Waals surface area contributed by atoms with Crippen molar-refractivity contribution in [3.8, 4) is 11.1 Å². The minimum absolute atomic E-state index is 0.0211. The van der Waals surface area contributed by atoms with Crippen molar-refractivity contribution in [3.63, 3.8) is 0 Å². The number of aromatic carboxylic acids is 1. The van der Waals surface area contributed by atoms with Crippen molar-refractivity contribution >= 4 is 29.2 Å². The van der Waals surface area contributed by atoms with Crippen LogP contribution in [-0.2, 0) is 16.8 Å². The number of benzene rings is 2. The van der Waals surface area contributed by atoms with Gasteiger partial charge in [-0.15, -0.1) is 0 Å². The maximum absolute atomic E-state index is 14.9. The van der Waals surface area contributed by atoms with Gasteiger partial charge in [0.25, 0.3) is 0 Å². The maximum atomic E-state index is 14.9. The van der Waals surface area contributed by atoms with Crippen LogP contribution in [0.3, 0.4) is 0 Å². The van der Waals surface area contributed by atoms with Crippen molar-refractivity contribution in [3.05, 3.63) is 70.5 Å². The van der Waals surface area contributed by atoms with Gasteiger partial charge >= 0.3 is 5.97 Å². The number of carboxylic acid groups (broad SMARTS) is 1. The highest BCUT2D eigenvalue weighted by atomic mass is 35.5. The van der Waals surface area contributed by atoms with E-state index in [-0.39, 0.29) is 27.4 Å². The van der Waals surface area contributed by atoms with E-state index in [1.54, 1.807) is 10.9 Å². The molecular formula is C22H18ClF2N3O3. The number of nitrogens with one attached hydrogen (secondary N) is 1. The third-order valence-electron chi connectivity index (χ3n) is 5.46. The topological polar surface area (TPSA) is 84.2 Å². The van der Waals surface area contributed by atoms with Crippen LogP contribution in [0.15, 0.2) is 42.7 Å². The van der Waals surface area contributed by atoms with Crippen LogP contribution in [0.2, 0.25) is 5.02 Å². The Labute approximate surface area is 181 Å². The molecule has 2 N–H and O–H groups in total. The Morgan fingerprint density at radius 2 is 1.97 bits per heavy atom. The zero-order chi connectivity index (χ0) is 22.3. The number of carboxylic acids is 1. The molecule has 0 saturated heterocycles. The minimum atomic E-state index is -1.35. The van der Waals surface area contributed by atoms with Gasteiger partial charge in [0.2, 0.25) is 5.91 Å². The molecule has 4 rings (SSSR count). The van der Waals surface area contributed by atoms with Crippen LogP contribution < -0.4 is 5.32 Å². The van der Waals surface area contributed by atoms with Crippen LogP contribution in [0.4, 0.5) is 14.5 Å². The summed E-state index contributed by atoms with van der Waals surface area (Å²) < 4.78 is 30.9. The Hall–Kier alpha value is -3.26. The van der Waals surface area contributed by atoms with Crippen molar-refractivity contribution in [1.29, 1.82) is 0 Å². The number of nitrogens with zero attached hydrogens (tertiary/aromatic N) is 2. The predicted octanol–water partition coefficient (Wildman–Crippen LogP) is 4.87. The lowest BCUT2D eigenvalue weighted by Gasteiger charge is -2.18. The van der Waals surface area contributed by atoms with Gasteiger partial charge < -0.3 is 10.4 Å². The highest BCUT2D eigenvalue weighted by molar-refractivity contribution is 6.30. The third-order valence-corrected chi connectivity index (χ3v) is 5.69. The second-order valence-electron chi connectivity index (χ2n) is 7.43. The molecular weight excluding hydrogens is 428 g/mol. The van der Waals surface area contributed by atoms with Crippen LogP contribution in [0.5, 0.6) is 0 Å². The number of aromatic nitrogens is 2. The second kappa shape index (κ2) is 7.77. The van der Waals surface area contributed by atoms with Gasteiger partial charge in [0.1, 0.15) is 11.6 Å². The summed E-state index contributed by atoms with van der Waals surface area (Å²) in [5.74, 6) is -3.29. The lowest BCUT2D eigenvalue weighted by Crippen LogP contribution is -2.29. The fraction of sp³-hybridized carbons (Fsp3) is 0.227. The highest BCUT2D eigenvalue weighted by Gasteiger charge is 2.52. The van der Waals surface area contributed by atoms with Gasteiger partial charge in [-0.05, 0) is 44.0 Å². The number of anilines is 1. The van der Waals surface area contributed by atoms with E-state index >= 15 is 0 Å². The first-order valence-corrected chi connectivity index (χ1v) is 9.99. The summed E-state index contributed by atoms with van der Waals surface area (Å²) in [6, 6.07) is 6.34. The smallest absolute Gasteiger partial charge is 0.336 e. The summed E-state index contributed by atoms with van der Waals surface area (Å²) in [6.45, 7) is 2.39. The molecule has 1 heterocycles.